The van der Waals surface area contributed by atoms with Crippen molar-refractivity contribution in [3.63, 3.8) is 0 Å². The van der Waals surface area contributed by atoms with Gasteiger partial charge in [-0.3, -0.25) is 28.8 Å². The molecule has 0 saturated carbocycles. The van der Waals surface area contributed by atoms with Crippen LogP contribution in [-0.4, -0.2) is 80.3 Å². The number of ether oxygens (including phenoxy) is 3. The van der Waals surface area contributed by atoms with E-state index in [4.69, 9.17) is 14.2 Å². The summed E-state index contributed by atoms with van der Waals surface area (Å²) in [7, 11) is 4.14. The second-order valence-corrected chi connectivity index (χ2v) is 9.89. The number of hydrogen-bond acceptors (Lipinski definition) is 9. The third-order valence-corrected chi connectivity index (χ3v) is 6.47. The Morgan fingerprint density at radius 1 is 0.860 bits per heavy atom. The Bertz CT molecular complexity index is 1350. The molecule has 0 aromatic heterocycles. The molecule has 0 bridgehead atoms. The minimum absolute atomic E-state index is 0.0344. The van der Waals surface area contributed by atoms with E-state index in [1.54, 1.807) is 32.0 Å². The van der Waals surface area contributed by atoms with Crippen LogP contribution in [0.2, 0.25) is 0 Å². The molecule has 0 heterocycles. The smallest absolute Gasteiger partial charge is 0.305 e. The van der Waals surface area contributed by atoms with Crippen LogP contribution in [0, 0.1) is 5.92 Å². The van der Waals surface area contributed by atoms with E-state index in [9.17, 15) is 33.9 Å². The molecule has 4 N–H and O–H groups in total. The van der Waals surface area contributed by atoms with E-state index >= 15 is 0 Å². The number of nitrogens with one attached hydrogen (secondary N) is 3. The van der Waals surface area contributed by atoms with Crippen molar-refractivity contribution in [2.75, 3.05) is 27.9 Å². The Morgan fingerprint density at radius 2 is 1.47 bits per heavy atom. The largest absolute Gasteiger partial charge is 0.496 e. The Labute approximate surface area is 249 Å². The summed E-state index contributed by atoms with van der Waals surface area (Å²) >= 11 is 0. The molecular weight excluding hydrogens is 562 g/mol. The summed E-state index contributed by atoms with van der Waals surface area (Å²) in [5, 5.41) is 16.8. The number of carboxylic acid groups (broad SMARTS) is 1. The molecule has 232 valence electrons. The van der Waals surface area contributed by atoms with Crippen LogP contribution in [0.4, 0.5) is 0 Å². The first-order valence-corrected chi connectivity index (χ1v) is 13.3. The van der Waals surface area contributed by atoms with Crippen molar-refractivity contribution in [3.8, 4) is 17.2 Å². The van der Waals surface area contributed by atoms with Crippen LogP contribution in [0.1, 0.15) is 53.5 Å². The van der Waals surface area contributed by atoms with Gasteiger partial charge in [0.05, 0.1) is 46.8 Å². The Morgan fingerprint density at radius 3 is 1.98 bits per heavy atom. The van der Waals surface area contributed by atoms with E-state index in [2.05, 4.69) is 16.0 Å². The fraction of sp³-hybridized carbons (Fsp3) is 0.400. The summed E-state index contributed by atoms with van der Waals surface area (Å²) in [5.74, 6) is -4.08. The molecule has 13 nitrogen and oxygen atoms in total. The van der Waals surface area contributed by atoms with Crippen LogP contribution in [0.3, 0.4) is 0 Å². The quantitative estimate of drug-likeness (QED) is 0.206. The highest BCUT2D eigenvalue weighted by atomic mass is 16.5. The van der Waals surface area contributed by atoms with Gasteiger partial charge in [0.2, 0.25) is 11.8 Å². The van der Waals surface area contributed by atoms with Crippen molar-refractivity contribution in [2.24, 2.45) is 5.92 Å². The Balaban J connectivity index is 2.16. The fourth-order valence-corrected chi connectivity index (χ4v) is 4.20. The lowest BCUT2D eigenvalue weighted by Gasteiger charge is -2.25. The lowest BCUT2D eigenvalue weighted by Crippen LogP contribution is -2.55. The topological polar surface area (TPSA) is 186 Å². The van der Waals surface area contributed by atoms with E-state index in [0.29, 0.717) is 16.9 Å². The van der Waals surface area contributed by atoms with Crippen LogP contribution in [0.25, 0.3) is 0 Å². The highest BCUT2D eigenvalue weighted by Gasteiger charge is 2.31. The molecule has 0 aliphatic rings. The van der Waals surface area contributed by atoms with E-state index < -0.39 is 60.4 Å². The van der Waals surface area contributed by atoms with Crippen molar-refractivity contribution >= 4 is 35.3 Å². The average Bonchev–Trinajstić information content (AvgIpc) is 2.96. The van der Waals surface area contributed by atoms with Gasteiger partial charge in [-0.05, 0) is 43.2 Å². The lowest BCUT2D eigenvalue weighted by atomic mass is 10.00. The maximum atomic E-state index is 13.2. The number of carboxylic acids is 1. The summed E-state index contributed by atoms with van der Waals surface area (Å²) in [5.41, 5.74) is 0.845. The number of benzene rings is 2. The predicted molar refractivity (Wildman–Crippen MR) is 155 cm³/mol. The maximum absolute atomic E-state index is 13.2. The van der Waals surface area contributed by atoms with Crippen LogP contribution >= 0.6 is 0 Å². The second-order valence-electron chi connectivity index (χ2n) is 9.89. The number of carbonyl (C=O) groups is 6. The van der Waals surface area contributed by atoms with Crippen LogP contribution in [0.15, 0.2) is 36.4 Å². The van der Waals surface area contributed by atoms with Crippen LogP contribution < -0.4 is 30.2 Å². The number of carbonyl (C=O) groups excluding carboxylic acids is 5. The van der Waals surface area contributed by atoms with Gasteiger partial charge >= 0.3 is 5.97 Å². The second kappa shape index (κ2) is 15.9. The van der Waals surface area contributed by atoms with Crippen LogP contribution in [-0.2, 0) is 25.6 Å². The van der Waals surface area contributed by atoms with Crippen molar-refractivity contribution in [3.05, 3.63) is 53.1 Å². The molecule has 0 fully saturated rings. The molecule has 0 aliphatic carbocycles. The monoisotopic (exact) mass is 599 g/mol. The summed E-state index contributed by atoms with van der Waals surface area (Å²) in [6.45, 7) is 4.11. The standard InChI is InChI=1S/C30H37N3O10/c1-16(2)28(33-25(36)13-19-12-18(17(3)34)10-11-22(19)41-4)30(40)32-20(14-26(37)38)21(35)15-31-29(39)27-23(42-5)8-7-9-24(27)43-6/h7-12,16,20,28H,13-15H2,1-6H3,(H,31,39)(H,32,40)(H,33,36)(H,37,38)/t20-,28-/m0/s1. The molecule has 0 unspecified atom stereocenters. The minimum atomic E-state index is -1.50. The van der Waals surface area contributed by atoms with Crippen LogP contribution in [0.5, 0.6) is 17.2 Å². The molecular formula is C30H37N3O10. The zero-order chi connectivity index (χ0) is 32.3. The third kappa shape index (κ3) is 9.55. The first kappa shape index (κ1) is 34.3. The van der Waals surface area contributed by atoms with Gasteiger partial charge in [0, 0.05) is 11.1 Å². The first-order valence-electron chi connectivity index (χ1n) is 13.3. The van der Waals surface area contributed by atoms with E-state index in [1.807, 2.05) is 0 Å². The molecule has 2 rings (SSSR count). The van der Waals surface area contributed by atoms with Gasteiger partial charge in [0.1, 0.15) is 28.9 Å². The fourth-order valence-electron chi connectivity index (χ4n) is 4.20. The van der Waals surface area contributed by atoms with Gasteiger partial charge < -0.3 is 35.3 Å². The SMILES string of the molecule is COc1ccc(C(C)=O)cc1CC(=O)N[C@H](C(=O)N[C@@H](CC(=O)O)C(=O)CNC(=O)c1c(OC)cccc1OC)C(C)C. The number of hydrogen-bond donors (Lipinski definition) is 4. The Hall–Kier alpha value is -4.94. The van der Waals surface area contributed by atoms with Gasteiger partial charge in [0.25, 0.3) is 5.91 Å². The summed E-state index contributed by atoms with van der Waals surface area (Å²) < 4.78 is 15.7. The minimum Gasteiger partial charge on any atom is -0.496 e. The number of amides is 3. The van der Waals surface area contributed by atoms with Crippen molar-refractivity contribution in [2.45, 2.75) is 45.7 Å². The lowest BCUT2D eigenvalue weighted by molar-refractivity contribution is -0.140. The molecule has 43 heavy (non-hydrogen) atoms. The summed E-state index contributed by atoms with van der Waals surface area (Å²) in [4.78, 5) is 75.3. The summed E-state index contributed by atoms with van der Waals surface area (Å²) in [6.07, 6.45) is -0.969. The molecule has 3 amide bonds. The van der Waals surface area contributed by atoms with E-state index in [1.165, 1.54) is 46.5 Å². The van der Waals surface area contributed by atoms with E-state index in [0.717, 1.165) is 0 Å². The summed E-state index contributed by atoms with van der Waals surface area (Å²) in [6, 6.07) is 6.70. The first-order chi connectivity index (χ1) is 20.3. The molecule has 0 radical (unpaired) electrons. The normalized spacial score (nSPS) is 12.0. The number of ketones is 2. The maximum Gasteiger partial charge on any atom is 0.305 e. The van der Waals surface area contributed by atoms with Crippen molar-refractivity contribution in [1.29, 1.82) is 0 Å². The Kier molecular flexibility index (Phi) is 12.7. The van der Waals surface area contributed by atoms with Gasteiger partial charge in [-0.25, -0.2) is 0 Å². The number of aliphatic carboxylic acids is 1. The highest BCUT2D eigenvalue weighted by molar-refractivity contribution is 6.03. The van der Waals surface area contributed by atoms with Gasteiger partial charge in [-0.2, -0.15) is 0 Å². The average molecular weight is 600 g/mol. The molecule has 2 atom stereocenters. The molecule has 2 aromatic rings. The zero-order valence-corrected chi connectivity index (χ0v) is 24.9. The number of Topliss-reactive ketones (excluding diaryl/α,β-unsaturated/α-hetero) is 2. The van der Waals surface area contributed by atoms with E-state index in [-0.39, 0.29) is 29.3 Å². The highest BCUT2D eigenvalue weighted by Crippen LogP contribution is 2.28. The van der Waals surface area contributed by atoms with Crippen molar-refractivity contribution < 1.29 is 48.1 Å². The molecule has 0 saturated heterocycles. The molecule has 13 heteroatoms. The van der Waals surface area contributed by atoms with Gasteiger partial charge in [-0.15, -0.1) is 0 Å². The van der Waals surface area contributed by atoms with Crippen molar-refractivity contribution in [1.82, 2.24) is 16.0 Å². The number of methoxy groups -OCH3 is 3. The van der Waals surface area contributed by atoms with Gasteiger partial charge in [0.15, 0.2) is 11.6 Å². The number of rotatable bonds is 16. The third-order valence-electron chi connectivity index (χ3n) is 6.47. The molecule has 2 aromatic carbocycles. The predicted octanol–water partition coefficient (Wildman–Crippen LogP) is 1.56. The molecule has 0 spiro atoms. The van der Waals surface area contributed by atoms with Gasteiger partial charge in [-0.1, -0.05) is 19.9 Å². The molecule has 0 aliphatic heterocycles. The zero-order valence-electron chi connectivity index (χ0n) is 24.9.